The van der Waals surface area contributed by atoms with Crippen LogP contribution in [0, 0.1) is 12.3 Å². The van der Waals surface area contributed by atoms with Crippen molar-refractivity contribution in [2.45, 2.75) is 0 Å². The van der Waals surface area contributed by atoms with E-state index in [0.717, 1.165) is 43.6 Å². The van der Waals surface area contributed by atoms with E-state index in [1.54, 1.807) is 36.5 Å². The molecule has 1 aromatic heterocycles. The van der Waals surface area contributed by atoms with E-state index in [0.29, 0.717) is 46.6 Å². The normalized spacial score (nSPS) is 13.6. The molecule has 0 aliphatic carbocycles. The van der Waals surface area contributed by atoms with E-state index in [-0.39, 0.29) is 5.91 Å². The number of ether oxygens (including phenoxy) is 2. The Morgan fingerprint density at radius 2 is 1.92 bits per heavy atom. The quantitative estimate of drug-likeness (QED) is 0.243. The van der Waals surface area contributed by atoms with Crippen molar-refractivity contribution in [3.63, 3.8) is 0 Å². The molecule has 0 radical (unpaired) electrons. The number of fused-ring (bicyclic) bond motifs is 1. The molecule has 3 aromatic carbocycles. The maximum absolute atomic E-state index is 12.8. The van der Waals surface area contributed by atoms with E-state index >= 15 is 0 Å². The number of amides is 1. The summed E-state index contributed by atoms with van der Waals surface area (Å²) in [5.41, 5.74) is 8.38. The zero-order valence-electron chi connectivity index (χ0n) is 20.8. The first-order valence-electron chi connectivity index (χ1n) is 12.3. The van der Waals surface area contributed by atoms with Gasteiger partial charge in [0.25, 0.3) is 5.91 Å². The molecular weight excluding hydrogens is 480 g/mol. The first kappa shape index (κ1) is 25.0. The predicted molar refractivity (Wildman–Crippen MR) is 148 cm³/mol. The number of terminal acetylenes is 1. The van der Waals surface area contributed by atoms with Crippen LogP contribution in [0.1, 0.15) is 15.9 Å². The van der Waals surface area contributed by atoms with Crippen molar-refractivity contribution in [3.8, 4) is 24.0 Å². The van der Waals surface area contributed by atoms with E-state index in [9.17, 15) is 4.79 Å². The second kappa shape index (κ2) is 11.6. The van der Waals surface area contributed by atoms with E-state index in [1.807, 2.05) is 30.3 Å². The van der Waals surface area contributed by atoms with Crippen molar-refractivity contribution < 1.29 is 14.3 Å². The highest BCUT2D eigenvalue weighted by Gasteiger charge is 2.13. The number of nitrogens with zero attached hydrogens (tertiary/aromatic N) is 3. The first-order chi connectivity index (χ1) is 18.6. The van der Waals surface area contributed by atoms with Gasteiger partial charge in [-0.1, -0.05) is 30.2 Å². The van der Waals surface area contributed by atoms with Crippen molar-refractivity contribution >= 4 is 34.0 Å². The number of carbonyl (C=O) groups is 1. The summed E-state index contributed by atoms with van der Waals surface area (Å²) >= 11 is 0. The molecule has 1 saturated heterocycles. The number of benzene rings is 3. The second-order valence-electron chi connectivity index (χ2n) is 8.80. The lowest BCUT2D eigenvalue weighted by Crippen LogP contribution is -2.41. The van der Waals surface area contributed by atoms with Gasteiger partial charge in [0, 0.05) is 71.7 Å². The average Bonchev–Trinajstić information content (AvgIpc) is 2.95. The summed E-state index contributed by atoms with van der Waals surface area (Å²) in [4.78, 5) is 23.9. The molecule has 0 saturated carbocycles. The fourth-order valence-corrected chi connectivity index (χ4v) is 4.25. The van der Waals surface area contributed by atoms with Gasteiger partial charge in [-0.2, -0.15) is 4.98 Å². The Balaban J connectivity index is 1.29. The summed E-state index contributed by atoms with van der Waals surface area (Å²) in [6, 6.07) is 18.2. The Hall–Kier alpha value is -4.65. The van der Waals surface area contributed by atoms with Gasteiger partial charge in [-0.05, 0) is 30.3 Å². The fraction of sp³-hybridized carbons (Fsp3) is 0.207. The highest BCUT2D eigenvalue weighted by Crippen LogP contribution is 2.32. The van der Waals surface area contributed by atoms with Crippen molar-refractivity contribution in [1.29, 1.82) is 0 Å². The number of morpholine rings is 1. The Kier molecular flexibility index (Phi) is 7.64. The van der Waals surface area contributed by atoms with Gasteiger partial charge >= 0.3 is 0 Å². The molecule has 38 heavy (non-hydrogen) atoms. The molecule has 1 aliphatic heterocycles. The summed E-state index contributed by atoms with van der Waals surface area (Å²) < 4.78 is 11.4. The summed E-state index contributed by atoms with van der Waals surface area (Å²) in [5.74, 6) is 3.69. The molecule has 1 aliphatic rings. The Labute approximate surface area is 221 Å². The SMILES string of the molecule is C#Cc1cc(Nc2nccc(Oc3ccc(N)c4ccccc34)n2)cc(C(=O)NCCN2CCOCC2)c1. The number of nitrogens with one attached hydrogen (secondary N) is 2. The highest BCUT2D eigenvalue weighted by atomic mass is 16.5. The molecule has 0 atom stereocenters. The van der Waals surface area contributed by atoms with Crippen LogP contribution in [0.2, 0.25) is 0 Å². The summed E-state index contributed by atoms with van der Waals surface area (Å²) in [5, 5.41) is 7.88. The van der Waals surface area contributed by atoms with Crippen LogP contribution in [-0.2, 0) is 4.74 Å². The van der Waals surface area contributed by atoms with Crippen LogP contribution in [0.15, 0.2) is 66.9 Å². The smallest absolute Gasteiger partial charge is 0.251 e. The molecular formula is C29H28N6O3. The molecule has 5 rings (SSSR count). The van der Waals surface area contributed by atoms with Gasteiger partial charge in [0.15, 0.2) is 0 Å². The number of hydrogen-bond acceptors (Lipinski definition) is 8. The number of nitrogen functional groups attached to an aromatic ring is 1. The van der Waals surface area contributed by atoms with Gasteiger partial charge in [-0.3, -0.25) is 9.69 Å². The molecule has 4 aromatic rings. The zero-order valence-corrected chi connectivity index (χ0v) is 20.8. The largest absolute Gasteiger partial charge is 0.438 e. The third kappa shape index (κ3) is 6.00. The number of carbonyl (C=O) groups excluding carboxylic acids is 1. The summed E-state index contributed by atoms with van der Waals surface area (Å²) in [7, 11) is 0. The van der Waals surface area contributed by atoms with Crippen molar-refractivity contribution in [2.24, 2.45) is 0 Å². The molecule has 1 amide bonds. The van der Waals surface area contributed by atoms with Crippen LogP contribution >= 0.6 is 0 Å². The molecule has 9 nitrogen and oxygen atoms in total. The van der Waals surface area contributed by atoms with Gasteiger partial charge in [-0.15, -0.1) is 6.42 Å². The second-order valence-corrected chi connectivity index (χ2v) is 8.80. The van der Waals surface area contributed by atoms with Crippen LogP contribution < -0.4 is 21.1 Å². The van der Waals surface area contributed by atoms with Gasteiger partial charge in [0.2, 0.25) is 11.8 Å². The van der Waals surface area contributed by atoms with Crippen molar-refractivity contribution in [1.82, 2.24) is 20.2 Å². The Morgan fingerprint density at radius 1 is 1.11 bits per heavy atom. The van der Waals surface area contributed by atoms with Crippen molar-refractivity contribution in [3.05, 3.63) is 78.0 Å². The van der Waals surface area contributed by atoms with Gasteiger partial charge in [0.05, 0.1) is 13.2 Å². The van der Waals surface area contributed by atoms with E-state index in [1.165, 1.54) is 0 Å². The molecule has 4 N–H and O–H groups in total. The number of anilines is 3. The molecule has 192 valence electrons. The minimum absolute atomic E-state index is 0.202. The van der Waals surface area contributed by atoms with Gasteiger partial charge in [0.1, 0.15) is 5.75 Å². The lowest BCUT2D eigenvalue weighted by Gasteiger charge is -2.26. The molecule has 0 unspecified atom stereocenters. The van der Waals surface area contributed by atoms with Crippen LogP contribution in [0.3, 0.4) is 0 Å². The third-order valence-corrected chi connectivity index (χ3v) is 6.20. The lowest BCUT2D eigenvalue weighted by atomic mass is 10.1. The average molecular weight is 509 g/mol. The van der Waals surface area contributed by atoms with Gasteiger partial charge < -0.3 is 25.8 Å². The molecule has 9 heteroatoms. The zero-order chi connectivity index (χ0) is 26.3. The fourth-order valence-electron chi connectivity index (χ4n) is 4.25. The van der Waals surface area contributed by atoms with Crippen molar-refractivity contribution in [2.75, 3.05) is 50.4 Å². The number of rotatable bonds is 8. The van der Waals surface area contributed by atoms with Crippen LogP contribution in [-0.4, -0.2) is 60.2 Å². The molecule has 2 heterocycles. The summed E-state index contributed by atoms with van der Waals surface area (Å²) in [6.07, 6.45) is 7.25. The van der Waals surface area contributed by atoms with Crippen LogP contribution in [0.5, 0.6) is 11.6 Å². The Morgan fingerprint density at radius 3 is 2.74 bits per heavy atom. The first-order valence-corrected chi connectivity index (χ1v) is 12.3. The van der Waals surface area contributed by atoms with E-state index in [4.69, 9.17) is 21.6 Å². The number of aromatic nitrogens is 2. The minimum Gasteiger partial charge on any atom is -0.438 e. The van der Waals surface area contributed by atoms with Gasteiger partial charge in [-0.25, -0.2) is 4.98 Å². The van der Waals surface area contributed by atoms with E-state index in [2.05, 4.69) is 31.4 Å². The lowest BCUT2D eigenvalue weighted by molar-refractivity contribution is 0.0383. The number of nitrogens with two attached hydrogens (primary N) is 1. The Bertz CT molecular complexity index is 1490. The maximum atomic E-state index is 12.8. The standard InChI is InChI=1S/C29H28N6O3/c1-2-20-17-21(28(36)31-11-12-35-13-15-37-16-14-35)19-22(18-20)33-29-32-10-9-27(34-29)38-26-8-7-25(30)23-5-3-4-6-24(23)26/h1,3-10,17-19H,11-16,30H2,(H,31,36)(H,32,33,34). The maximum Gasteiger partial charge on any atom is 0.251 e. The predicted octanol–water partition coefficient (Wildman–Crippen LogP) is 3.79. The van der Waals surface area contributed by atoms with Crippen LogP contribution in [0.25, 0.3) is 10.8 Å². The van der Waals surface area contributed by atoms with E-state index < -0.39 is 0 Å². The topological polar surface area (TPSA) is 115 Å². The summed E-state index contributed by atoms with van der Waals surface area (Å²) in [6.45, 7) is 4.47. The third-order valence-electron chi connectivity index (χ3n) is 6.20. The highest BCUT2D eigenvalue weighted by molar-refractivity contribution is 5.97. The molecule has 1 fully saturated rings. The molecule has 0 spiro atoms. The monoisotopic (exact) mass is 508 g/mol. The van der Waals surface area contributed by atoms with Crippen LogP contribution in [0.4, 0.5) is 17.3 Å². The molecule has 0 bridgehead atoms. The minimum atomic E-state index is -0.202. The number of hydrogen-bond donors (Lipinski definition) is 3.